The minimum absolute atomic E-state index is 0.148. The fourth-order valence-corrected chi connectivity index (χ4v) is 8.26. The lowest BCUT2D eigenvalue weighted by Gasteiger charge is -2.26. The van der Waals surface area contributed by atoms with Gasteiger partial charge in [0, 0.05) is 44.0 Å². The smallest absolute Gasteiger partial charge is 0.178 e. The Hall–Kier alpha value is -6.98. The van der Waals surface area contributed by atoms with Gasteiger partial charge in [-0.1, -0.05) is 129 Å². The van der Waals surface area contributed by atoms with Gasteiger partial charge < -0.3 is 13.9 Å². The lowest BCUT2D eigenvalue weighted by molar-refractivity contribution is 0.361. The maximum absolute atomic E-state index is 6.95. The molecule has 0 bridgehead atoms. The molecule has 5 heteroatoms. The van der Waals surface area contributed by atoms with Gasteiger partial charge in [-0.3, -0.25) is 0 Å². The first-order chi connectivity index (χ1) is 26.5. The molecule has 5 nitrogen and oxygen atoms in total. The van der Waals surface area contributed by atoms with Crippen LogP contribution in [-0.2, 0) is 5.41 Å². The number of furan rings is 1. The second-order valence-corrected chi connectivity index (χ2v) is 14.5. The summed E-state index contributed by atoms with van der Waals surface area (Å²) in [6.45, 7) is 4.55. The van der Waals surface area contributed by atoms with Gasteiger partial charge in [0.25, 0.3) is 0 Å². The van der Waals surface area contributed by atoms with Gasteiger partial charge in [0.15, 0.2) is 28.8 Å². The summed E-state index contributed by atoms with van der Waals surface area (Å²) in [6.07, 6.45) is 0. The lowest BCUT2D eigenvalue weighted by Crippen LogP contribution is -2.15. The third-order valence-corrected chi connectivity index (χ3v) is 11.0. The highest BCUT2D eigenvalue weighted by Crippen LogP contribution is 2.59. The van der Waals surface area contributed by atoms with E-state index in [1.165, 1.54) is 16.7 Å². The molecule has 1 aliphatic heterocycles. The van der Waals surface area contributed by atoms with Crippen LogP contribution in [0.15, 0.2) is 162 Å². The topological polar surface area (TPSA) is 57.4 Å². The van der Waals surface area contributed by atoms with E-state index in [1.807, 2.05) is 66.7 Å². The number of hydrogen-bond donors (Lipinski definition) is 0. The van der Waals surface area contributed by atoms with Crippen LogP contribution in [0.3, 0.4) is 0 Å². The molecule has 256 valence electrons. The Morgan fingerprint density at radius 2 is 1.13 bits per heavy atom. The third-order valence-electron chi connectivity index (χ3n) is 11.0. The molecule has 0 N–H and O–H groups in total. The minimum atomic E-state index is -0.148. The van der Waals surface area contributed by atoms with Crippen LogP contribution in [0, 0.1) is 0 Å². The second kappa shape index (κ2) is 11.5. The lowest BCUT2D eigenvalue weighted by atomic mass is 9.82. The first kappa shape index (κ1) is 30.6. The molecule has 54 heavy (non-hydrogen) atoms. The first-order valence-electron chi connectivity index (χ1n) is 18.2. The fraction of sp³-hybridized carbons (Fsp3) is 0.0612. The van der Waals surface area contributed by atoms with Crippen LogP contribution in [-0.4, -0.2) is 9.97 Å². The number of ether oxygens (including phenoxy) is 2. The summed E-state index contributed by atoms with van der Waals surface area (Å²) in [5, 5.41) is 2.18. The van der Waals surface area contributed by atoms with E-state index in [-0.39, 0.29) is 5.41 Å². The van der Waals surface area contributed by atoms with Crippen molar-refractivity contribution in [2.75, 3.05) is 0 Å². The van der Waals surface area contributed by atoms with Crippen molar-refractivity contribution in [3.63, 3.8) is 0 Å². The van der Waals surface area contributed by atoms with Crippen molar-refractivity contribution < 1.29 is 13.9 Å². The van der Waals surface area contributed by atoms with Crippen molar-refractivity contribution in [2.45, 2.75) is 19.3 Å². The van der Waals surface area contributed by atoms with Crippen LogP contribution in [0.2, 0.25) is 0 Å². The zero-order valence-electron chi connectivity index (χ0n) is 29.6. The van der Waals surface area contributed by atoms with E-state index in [9.17, 15) is 0 Å². The van der Waals surface area contributed by atoms with Crippen LogP contribution in [0.4, 0.5) is 0 Å². The van der Waals surface area contributed by atoms with Crippen LogP contribution >= 0.6 is 0 Å². The van der Waals surface area contributed by atoms with Gasteiger partial charge in [-0.2, -0.15) is 0 Å². The molecule has 3 heterocycles. The molecule has 11 rings (SSSR count). The van der Waals surface area contributed by atoms with Crippen molar-refractivity contribution >= 4 is 21.9 Å². The van der Waals surface area contributed by atoms with E-state index in [4.69, 9.17) is 23.9 Å². The Bertz CT molecular complexity index is 2980. The number of rotatable bonds is 4. The number of benzene rings is 7. The predicted molar refractivity (Wildman–Crippen MR) is 215 cm³/mol. The van der Waals surface area contributed by atoms with E-state index in [2.05, 4.69) is 105 Å². The van der Waals surface area contributed by atoms with E-state index < -0.39 is 0 Å². The maximum Gasteiger partial charge on any atom is 0.178 e. The van der Waals surface area contributed by atoms with Gasteiger partial charge in [0.1, 0.15) is 11.2 Å². The van der Waals surface area contributed by atoms with Crippen molar-refractivity contribution in [1.82, 2.24) is 9.97 Å². The summed E-state index contributed by atoms with van der Waals surface area (Å²) >= 11 is 0. The number of aromatic nitrogens is 2. The number of hydrogen-bond acceptors (Lipinski definition) is 5. The molecule has 1 aliphatic carbocycles. The molecule has 0 radical (unpaired) electrons. The molecule has 0 amide bonds. The van der Waals surface area contributed by atoms with Crippen LogP contribution in [0.25, 0.3) is 78.1 Å². The molecule has 0 unspecified atom stereocenters. The Morgan fingerprint density at radius 1 is 0.444 bits per heavy atom. The highest BCUT2D eigenvalue weighted by Gasteiger charge is 2.39. The van der Waals surface area contributed by atoms with E-state index in [0.717, 1.165) is 78.2 Å². The Balaban J connectivity index is 1.03. The minimum Gasteiger partial charge on any atom is -0.456 e. The summed E-state index contributed by atoms with van der Waals surface area (Å²) in [5.74, 6) is 3.52. The Morgan fingerprint density at radius 3 is 2.02 bits per heavy atom. The van der Waals surface area contributed by atoms with Crippen molar-refractivity contribution in [3.8, 4) is 79.2 Å². The maximum atomic E-state index is 6.95. The van der Waals surface area contributed by atoms with Gasteiger partial charge in [-0.25, -0.2) is 9.97 Å². The van der Waals surface area contributed by atoms with Crippen molar-refractivity contribution in [3.05, 3.63) is 169 Å². The van der Waals surface area contributed by atoms with Gasteiger partial charge in [0.05, 0.1) is 11.4 Å². The molecular formula is C49H32N2O3. The van der Waals surface area contributed by atoms with Crippen LogP contribution in [0.1, 0.15) is 25.0 Å². The average Bonchev–Trinajstić information content (AvgIpc) is 3.71. The fourth-order valence-electron chi connectivity index (χ4n) is 8.26. The largest absolute Gasteiger partial charge is 0.456 e. The first-order valence-corrected chi connectivity index (χ1v) is 18.2. The molecule has 0 atom stereocenters. The molecule has 0 saturated heterocycles. The molecule has 2 aliphatic rings. The average molecular weight is 697 g/mol. The normalized spacial score (nSPS) is 13.4. The van der Waals surface area contributed by atoms with E-state index in [1.54, 1.807) is 0 Å². The summed E-state index contributed by atoms with van der Waals surface area (Å²) in [4.78, 5) is 10.2. The third kappa shape index (κ3) is 4.65. The highest BCUT2D eigenvalue weighted by molar-refractivity contribution is 6.05. The molecule has 0 saturated carbocycles. The molecular weight excluding hydrogens is 665 g/mol. The van der Waals surface area contributed by atoms with E-state index >= 15 is 0 Å². The molecule has 0 fully saturated rings. The monoisotopic (exact) mass is 696 g/mol. The summed E-state index contributed by atoms with van der Waals surface area (Å²) in [5.41, 5.74) is 12.8. The molecule has 7 aromatic carbocycles. The van der Waals surface area contributed by atoms with Gasteiger partial charge in [-0.15, -0.1) is 0 Å². The number of para-hydroxylation sites is 2. The van der Waals surface area contributed by atoms with Gasteiger partial charge in [-0.05, 0) is 64.7 Å². The van der Waals surface area contributed by atoms with Crippen LogP contribution < -0.4 is 9.47 Å². The predicted octanol–water partition coefficient (Wildman–Crippen LogP) is 13.2. The Labute approximate surface area is 312 Å². The van der Waals surface area contributed by atoms with E-state index in [0.29, 0.717) is 17.3 Å². The number of fused-ring (bicyclic) bond motifs is 9. The number of nitrogens with zero attached hydrogens (tertiary/aromatic N) is 2. The summed E-state index contributed by atoms with van der Waals surface area (Å²) in [7, 11) is 0. The summed E-state index contributed by atoms with van der Waals surface area (Å²) in [6, 6.07) is 54.0. The standard InChI is InChI=1S/C49H32N2O3/c1-49(2)37-19-8-6-17-36(37)45-38(49)24-25-43-47(45)54-46-33(18-11-21-42(46)53-43)30-14-10-15-31(26-30)39-28-40(51-48(50-39)29-12-4-3-5-13-29)32-22-23-35-34-16-7-9-20-41(34)52-44(35)27-32/h3-28H,1-2H3. The van der Waals surface area contributed by atoms with Crippen LogP contribution in [0.5, 0.6) is 23.0 Å². The zero-order valence-corrected chi connectivity index (χ0v) is 29.6. The highest BCUT2D eigenvalue weighted by atomic mass is 16.6. The second-order valence-electron chi connectivity index (χ2n) is 14.5. The van der Waals surface area contributed by atoms with Gasteiger partial charge in [0.2, 0.25) is 0 Å². The van der Waals surface area contributed by atoms with Gasteiger partial charge >= 0.3 is 0 Å². The molecule has 2 aromatic heterocycles. The van der Waals surface area contributed by atoms with Crippen molar-refractivity contribution in [2.24, 2.45) is 0 Å². The molecule has 0 spiro atoms. The zero-order chi connectivity index (χ0) is 36.0. The SMILES string of the molecule is CC1(C)c2ccccc2-c2c1ccc1c2Oc2c(cccc2-c2cccc(-c3cc(-c4ccc5c(c4)oc4ccccc45)nc(-c4ccccc4)n3)c2)O1. The molecule has 9 aromatic rings. The van der Waals surface area contributed by atoms with Crippen molar-refractivity contribution in [1.29, 1.82) is 0 Å². The quantitative estimate of drug-likeness (QED) is 0.183. The summed E-state index contributed by atoms with van der Waals surface area (Å²) < 4.78 is 19.8. The Kier molecular flexibility index (Phi) is 6.53.